The van der Waals surface area contributed by atoms with Crippen molar-refractivity contribution in [3.05, 3.63) is 65.3 Å². The zero-order valence-electron chi connectivity index (χ0n) is 26.9. The van der Waals surface area contributed by atoms with Crippen molar-refractivity contribution in [3.63, 3.8) is 0 Å². The quantitative estimate of drug-likeness (QED) is 0.209. The Morgan fingerprint density at radius 3 is 2.07 bits per heavy atom. The van der Waals surface area contributed by atoms with E-state index in [1.807, 2.05) is 30.3 Å². The van der Waals surface area contributed by atoms with Gasteiger partial charge >= 0.3 is 23.9 Å². The molecule has 0 aromatic heterocycles. The lowest BCUT2D eigenvalue weighted by Crippen LogP contribution is -2.70. The summed E-state index contributed by atoms with van der Waals surface area (Å²) < 4.78 is 23.7. The van der Waals surface area contributed by atoms with Crippen molar-refractivity contribution < 1.29 is 48.0 Å². The lowest BCUT2D eigenvalue weighted by Gasteiger charge is -2.62. The molecule has 7 atom stereocenters. The molecular weight excluding hydrogens is 580 g/mol. The number of carbonyl (C=O) groups is 5. The Morgan fingerprint density at radius 1 is 0.911 bits per heavy atom. The number of hydrogen-bond donors (Lipinski definition) is 1. The molecule has 4 rings (SSSR count). The molecule has 0 radical (unpaired) electrons. The van der Waals surface area contributed by atoms with Crippen molar-refractivity contribution in [1.29, 1.82) is 0 Å². The van der Waals surface area contributed by atoms with Crippen LogP contribution in [0, 0.1) is 16.7 Å². The lowest BCUT2D eigenvalue weighted by atomic mass is 9.47. The highest BCUT2D eigenvalue weighted by Gasteiger charge is 2.69. The Hall–Kier alpha value is -4.05. The van der Waals surface area contributed by atoms with E-state index in [4.69, 9.17) is 18.9 Å². The van der Waals surface area contributed by atoms with Gasteiger partial charge in [-0.2, -0.15) is 0 Å². The van der Waals surface area contributed by atoms with Gasteiger partial charge in [0.25, 0.3) is 0 Å². The number of rotatable bonds is 6. The maximum atomic E-state index is 13.6. The van der Waals surface area contributed by atoms with Crippen LogP contribution >= 0.6 is 0 Å². The third kappa shape index (κ3) is 6.12. The number of fused-ring (bicyclic) bond motifs is 3. The van der Waals surface area contributed by atoms with Crippen LogP contribution in [0.1, 0.15) is 73.3 Å². The number of ether oxygens (including phenoxy) is 4. The third-order valence-electron chi connectivity index (χ3n) is 9.81. The van der Waals surface area contributed by atoms with Gasteiger partial charge in [-0.25, -0.2) is 4.79 Å². The first-order valence-electron chi connectivity index (χ1n) is 15.0. The summed E-state index contributed by atoms with van der Waals surface area (Å²) in [5.41, 5.74) is -2.88. The Labute approximate surface area is 263 Å². The first-order valence-corrected chi connectivity index (χ1v) is 15.0. The molecule has 2 fully saturated rings. The van der Waals surface area contributed by atoms with Crippen LogP contribution in [0.2, 0.25) is 0 Å². The summed E-state index contributed by atoms with van der Waals surface area (Å²) in [6.45, 7) is 14.6. The van der Waals surface area contributed by atoms with Crippen molar-refractivity contribution in [2.75, 3.05) is 0 Å². The van der Waals surface area contributed by atoms with Gasteiger partial charge in [0.15, 0.2) is 11.9 Å². The zero-order chi connectivity index (χ0) is 33.5. The zero-order valence-corrected chi connectivity index (χ0v) is 26.9. The number of ketones is 1. The molecule has 242 valence electrons. The van der Waals surface area contributed by atoms with Gasteiger partial charge < -0.3 is 24.1 Å². The minimum atomic E-state index is -2.02. The predicted octanol–water partition coefficient (Wildman–Crippen LogP) is 4.44. The summed E-state index contributed by atoms with van der Waals surface area (Å²) in [6.07, 6.45) is -1.72. The van der Waals surface area contributed by atoms with Crippen molar-refractivity contribution in [2.45, 2.75) is 97.7 Å². The molecule has 0 amide bonds. The molecule has 0 saturated heterocycles. The van der Waals surface area contributed by atoms with E-state index < -0.39 is 82.8 Å². The van der Waals surface area contributed by atoms with Crippen molar-refractivity contribution >= 4 is 35.7 Å². The molecular formula is C35H42O10. The number of allylic oxidation sites excluding steroid dienone is 1. The van der Waals surface area contributed by atoms with Crippen LogP contribution < -0.4 is 0 Å². The summed E-state index contributed by atoms with van der Waals surface area (Å²) in [5, 5.41) is 12.7. The number of hydrogen-bond acceptors (Lipinski definition) is 10. The molecule has 1 aromatic carbocycles. The van der Waals surface area contributed by atoms with Crippen molar-refractivity contribution in [2.24, 2.45) is 16.7 Å². The van der Waals surface area contributed by atoms with Crippen LogP contribution in [0.15, 0.2) is 59.7 Å². The highest BCUT2D eigenvalue weighted by Crippen LogP contribution is 2.62. The molecule has 0 aliphatic heterocycles. The molecule has 1 aromatic rings. The Balaban J connectivity index is 1.91. The van der Waals surface area contributed by atoms with Gasteiger partial charge in [-0.15, -0.1) is 0 Å². The average molecular weight is 623 g/mol. The molecule has 10 nitrogen and oxygen atoms in total. The summed E-state index contributed by atoms with van der Waals surface area (Å²) in [5.74, 6) is -4.15. The fourth-order valence-electron chi connectivity index (χ4n) is 7.58. The molecule has 0 heterocycles. The van der Waals surface area contributed by atoms with Gasteiger partial charge in [0.1, 0.15) is 23.9 Å². The van der Waals surface area contributed by atoms with Gasteiger partial charge in [0.2, 0.25) is 0 Å². The molecule has 3 aliphatic carbocycles. The van der Waals surface area contributed by atoms with E-state index in [0.29, 0.717) is 5.57 Å². The second-order valence-electron chi connectivity index (χ2n) is 13.0. The monoisotopic (exact) mass is 622 g/mol. The summed E-state index contributed by atoms with van der Waals surface area (Å²) in [6, 6.07) is 9.20. The molecule has 0 spiro atoms. The van der Waals surface area contributed by atoms with Gasteiger partial charge in [-0.05, 0) is 48.1 Å². The Morgan fingerprint density at radius 2 is 1.49 bits per heavy atom. The van der Waals surface area contributed by atoms with Crippen LogP contribution in [0.5, 0.6) is 0 Å². The summed E-state index contributed by atoms with van der Waals surface area (Å²) in [7, 11) is 0. The fourth-order valence-corrected chi connectivity index (χ4v) is 7.58. The first-order chi connectivity index (χ1) is 20.9. The van der Waals surface area contributed by atoms with E-state index in [0.717, 1.165) is 5.56 Å². The SMILES string of the molecule is C=C1C2[C@H](OC(C)=O)C3(O)CC(=O)C(C)=C([C@@H](OC(C)=O)C(OC(C)=O)C2(C)CC[C@@H]1OC(=O)/C=C\c1ccccc1)C3(C)C. The standard InChI is InChI=1S/C35H42O10/c1-19-25(39)18-35(41)31(43-22(4)37)29-20(2)26(45-27(40)15-14-24-12-10-9-11-13-24)16-17-34(29,8)32(44-23(5)38)30(42-21(3)36)28(19)33(35,6)7/h9-15,26,29-32,41H,2,16-18H2,1,3-8H3/b15-14-/t26-,29?,30+,31-,32?,34?,35?/m0/s1. The second-order valence-corrected chi connectivity index (χ2v) is 13.0. The average Bonchev–Trinajstić information content (AvgIpc) is 2.94. The van der Waals surface area contributed by atoms with Crippen LogP contribution in [0.4, 0.5) is 0 Å². The van der Waals surface area contributed by atoms with E-state index in [1.54, 1.807) is 33.8 Å². The second kappa shape index (κ2) is 12.4. The van der Waals surface area contributed by atoms with Gasteiger partial charge in [0, 0.05) is 50.0 Å². The first kappa shape index (κ1) is 33.8. The van der Waals surface area contributed by atoms with Crippen molar-refractivity contribution in [1.82, 2.24) is 0 Å². The fraction of sp³-hybridized carbons (Fsp3) is 0.514. The molecule has 45 heavy (non-hydrogen) atoms. The van der Waals surface area contributed by atoms with E-state index in [-0.39, 0.29) is 24.0 Å². The van der Waals surface area contributed by atoms with Gasteiger partial charge in [-0.1, -0.05) is 57.7 Å². The third-order valence-corrected chi connectivity index (χ3v) is 9.81. The van der Waals surface area contributed by atoms with Crippen molar-refractivity contribution in [3.8, 4) is 0 Å². The predicted molar refractivity (Wildman–Crippen MR) is 163 cm³/mol. The molecule has 3 aliphatic rings. The van der Waals surface area contributed by atoms with Gasteiger partial charge in [-0.3, -0.25) is 19.2 Å². The lowest BCUT2D eigenvalue weighted by molar-refractivity contribution is -0.235. The molecule has 1 N–H and O–H groups in total. The van der Waals surface area contributed by atoms with Crippen LogP contribution in [-0.4, -0.2) is 64.8 Å². The molecule has 2 saturated carbocycles. The topological polar surface area (TPSA) is 143 Å². The summed E-state index contributed by atoms with van der Waals surface area (Å²) >= 11 is 0. The van der Waals surface area contributed by atoms with Crippen LogP contribution in [0.25, 0.3) is 6.08 Å². The van der Waals surface area contributed by atoms with E-state index in [2.05, 4.69) is 6.58 Å². The van der Waals surface area contributed by atoms with Crippen LogP contribution in [0.3, 0.4) is 0 Å². The van der Waals surface area contributed by atoms with Crippen LogP contribution in [-0.2, 0) is 42.9 Å². The number of aliphatic hydroxyl groups is 1. The number of carbonyl (C=O) groups excluding carboxylic acids is 5. The maximum Gasteiger partial charge on any atom is 0.331 e. The number of benzene rings is 1. The molecule has 10 heteroatoms. The highest BCUT2D eigenvalue weighted by atomic mass is 16.6. The maximum absolute atomic E-state index is 13.6. The Kier molecular flexibility index (Phi) is 9.31. The number of Topliss-reactive ketones (excluding diaryl/α,β-unsaturated/α-hetero) is 1. The molecule has 2 bridgehead atoms. The Bertz CT molecular complexity index is 1470. The van der Waals surface area contributed by atoms with E-state index in [9.17, 15) is 29.1 Å². The normalized spacial score (nSPS) is 32.6. The largest absolute Gasteiger partial charge is 0.459 e. The van der Waals surface area contributed by atoms with E-state index in [1.165, 1.54) is 26.8 Å². The highest BCUT2D eigenvalue weighted by molar-refractivity contribution is 5.98. The molecule has 4 unspecified atom stereocenters. The number of esters is 4. The van der Waals surface area contributed by atoms with Gasteiger partial charge in [0.05, 0.1) is 0 Å². The minimum absolute atomic E-state index is 0.224. The smallest absolute Gasteiger partial charge is 0.331 e. The minimum Gasteiger partial charge on any atom is -0.459 e. The van der Waals surface area contributed by atoms with E-state index >= 15 is 0 Å². The summed E-state index contributed by atoms with van der Waals surface area (Å²) in [4.78, 5) is 64.5.